The number of hydrogen-bond acceptors (Lipinski definition) is 5. The lowest BCUT2D eigenvalue weighted by atomic mass is 10.2. The lowest BCUT2D eigenvalue weighted by Gasteiger charge is -2.35. The standard InChI is InChI=1S/C14H21ClN2O4/c1-2-20-10-11(18)9-16-5-7-17(8-6-16)14(19)12-3-4-13(15)21-12/h3-4,11,18H,2,5-10H2,1H3/t11-/m0/s1. The van der Waals surface area contributed by atoms with Crippen LogP contribution >= 0.6 is 11.6 Å². The molecule has 0 spiro atoms. The van der Waals surface area contributed by atoms with Crippen LogP contribution in [0.1, 0.15) is 17.5 Å². The molecule has 0 radical (unpaired) electrons. The molecule has 2 heterocycles. The minimum atomic E-state index is -0.490. The van der Waals surface area contributed by atoms with Gasteiger partial charge in [0.25, 0.3) is 5.91 Å². The Balaban J connectivity index is 1.76. The highest BCUT2D eigenvalue weighted by molar-refractivity contribution is 6.29. The summed E-state index contributed by atoms with van der Waals surface area (Å²) < 4.78 is 10.3. The van der Waals surface area contributed by atoms with Crippen LogP contribution in [0.4, 0.5) is 0 Å². The van der Waals surface area contributed by atoms with Crippen molar-refractivity contribution in [1.82, 2.24) is 9.80 Å². The maximum Gasteiger partial charge on any atom is 0.289 e. The van der Waals surface area contributed by atoms with Crippen molar-refractivity contribution in [3.05, 3.63) is 23.1 Å². The zero-order chi connectivity index (χ0) is 15.2. The number of β-amino-alcohol motifs (C(OH)–C–C–N with tert-alkyl or cyclic N) is 1. The second kappa shape index (κ2) is 7.79. The average Bonchev–Trinajstić information content (AvgIpc) is 2.92. The molecule has 0 aliphatic carbocycles. The molecule has 2 rings (SSSR count). The van der Waals surface area contributed by atoms with Crippen LogP contribution in [-0.2, 0) is 4.74 Å². The number of carbonyl (C=O) groups is 1. The zero-order valence-electron chi connectivity index (χ0n) is 12.1. The molecule has 1 atom stereocenters. The van der Waals surface area contributed by atoms with Gasteiger partial charge in [0.2, 0.25) is 0 Å². The largest absolute Gasteiger partial charge is 0.440 e. The minimum Gasteiger partial charge on any atom is -0.440 e. The summed E-state index contributed by atoms with van der Waals surface area (Å²) in [6, 6.07) is 3.15. The van der Waals surface area contributed by atoms with Crippen LogP contribution in [0, 0.1) is 0 Å². The van der Waals surface area contributed by atoms with Crippen molar-refractivity contribution in [3.8, 4) is 0 Å². The van der Waals surface area contributed by atoms with Crippen LogP contribution in [0.25, 0.3) is 0 Å². The van der Waals surface area contributed by atoms with Gasteiger partial charge in [0.15, 0.2) is 11.0 Å². The monoisotopic (exact) mass is 316 g/mol. The summed E-state index contributed by atoms with van der Waals surface area (Å²) in [5.74, 6) is 0.126. The van der Waals surface area contributed by atoms with Gasteiger partial charge in [-0.15, -0.1) is 0 Å². The van der Waals surface area contributed by atoms with Crippen molar-refractivity contribution in [2.24, 2.45) is 0 Å². The van der Waals surface area contributed by atoms with Crippen LogP contribution in [0.5, 0.6) is 0 Å². The average molecular weight is 317 g/mol. The van der Waals surface area contributed by atoms with E-state index in [0.29, 0.717) is 32.8 Å². The molecule has 1 aliphatic rings. The first-order chi connectivity index (χ1) is 10.1. The number of ether oxygens (including phenoxy) is 1. The normalized spacial score (nSPS) is 18.0. The van der Waals surface area contributed by atoms with Gasteiger partial charge in [-0.2, -0.15) is 0 Å². The molecule has 1 aliphatic heterocycles. The van der Waals surface area contributed by atoms with Gasteiger partial charge in [-0.3, -0.25) is 9.69 Å². The van der Waals surface area contributed by atoms with E-state index >= 15 is 0 Å². The summed E-state index contributed by atoms with van der Waals surface area (Å²) in [6.45, 7) is 6.09. The Bertz CT molecular complexity index is 458. The molecule has 1 saturated heterocycles. The Labute approximate surface area is 129 Å². The van der Waals surface area contributed by atoms with Gasteiger partial charge < -0.3 is 19.2 Å². The number of halogens is 1. The quantitative estimate of drug-likeness (QED) is 0.851. The summed E-state index contributed by atoms with van der Waals surface area (Å²) in [5.41, 5.74) is 0. The molecule has 0 unspecified atom stereocenters. The molecular formula is C14H21ClN2O4. The molecule has 0 bridgehead atoms. The second-order valence-corrected chi connectivity index (χ2v) is 5.38. The summed E-state index contributed by atoms with van der Waals surface area (Å²) >= 11 is 5.68. The van der Waals surface area contributed by atoms with Gasteiger partial charge in [-0.05, 0) is 30.7 Å². The number of rotatable bonds is 6. The Morgan fingerprint density at radius 2 is 2.14 bits per heavy atom. The molecule has 1 amide bonds. The van der Waals surface area contributed by atoms with E-state index in [1.807, 2.05) is 6.92 Å². The summed E-state index contributed by atoms with van der Waals surface area (Å²) in [5, 5.41) is 10.0. The van der Waals surface area contributed by atoms with Crippen molar-refractivity contribution in [2.45, 2.75) is 13.0 Å². The van der Waals surface area contributed by atoms with Gasteiger partial charge in [0, 0.05) is 39.3 Å². The first kappa shape index (κ1) is 16.3. The van der Waals surface area contributed by atoms with Gasteiger partial charge in [-0.1, -0.05) is 0 Å². The molecule has 1 fully saturated rings. The SMILES string of the molecule is CCOC[C@@H](O)CN1CCN(C(=O)c2ccc(Cl)o2)CC1. The number of hydrogen-bond donors (Lipinski definition) is 1. The molecule has 0 saturated carbocycles. The van der Waals surface area contributed by atoms with Crippen LogP contribution in [-0.4, -0.2) is 72.9 Å². The Kier molecular flexibility index (Phi) is 6.05. The van der Waals surface area contributed by atoms with Crippen LogP contribution < -0.4 is 0 Å². The molecule has 7 heteroatoms. The van der Waals surface area contributed by atoms with E-state index in [1.54, 1.807) is 17.0 Å². The van der Waals surface area contributed by atoms with Gasteiger partial charge in [0.05, 0.1) is 12.7 Å². The number of amides is 1. The highest BCUT2D eigenvalue weighted by Gasteiger charge is 2.25. The number of carbonyl (C=O) groups excluding carboxylic acids is 1. The molecule has 118 valence electrons. The van der Waals surface area contributed by atoms with Crippen LogP contribution in [0.2, 0.25) is 5.22 Å². The summed E-state index contributed by atoms with van der Waals surface area (Å²) in [6.07, 6.45) is -0.490. The van der Waals surface area contributed by atoms with Crippen molar-refractivity contribution in [2.75, 3.05) is 45.9 Å². The molecule has 21 heavy (non-hydrogen) atoms. The van der Waals surface area contributed by atoms with Crippen LogP contribution in [0.15, 0.2) is 16.5 Å². The molecule has 1 N–H and O–H groups in total. The maximum absolute atomic E-state index is 12.2. The number of aliphatic hydroxyl groups excluding tert-OH is 1. The molecular weight excluding hydrogens is 296 g/mol. The predicted molar refractivity (Wildman–Crippen MR) is 78.6 cm³/mol. The first-order valence-corrected chi connectivity index (χ1v) is 7.50. The fourth-order valence-electron chi connectivity index (χ4n) is 2.32. The fourth-order valence-corrected chi connectivity index (χ4v) is 2.47. The van der Waals surface area contributed by atoms with E-state index in [1.165, 1.54) is 0 Å². The third-order valence-electron chi connectivity index (χ3n) is 3.43. The van der Waals surface area contributed by atoms with E-state index in [4.69, 9.17) is 20.8 Å². The predicted octanol–water partition coefficient (Wildman–Crippen LogP) is 1.09. The van der Waals surface area contributed by atoms with E-state index in [-0.39, 0.29) is 16.9 Å². The van der Waals surface area contributed by atoms with E-state index in [2.05, 4.69) is 4.90 Å². The van der Waals surface area contributed by atoms with E-state index in [9.17, 15) is 9.90 Å². The van der Waals surface area contributed by atoms with Crippen molar-refractivity contribution in [1.29, 1.82) is 0 Å². The topological polar surface area (TPSA) is 66.2 Å². The number of nitrogens with zero attached hydrogens (tertiary/aromatic N) is 2. The minimum absolute atomic E-state index is 0.142. The van der Waals surface area contributed by atoms with E-state index in [0.717, 1.165) is 13.1 Å². The van der Waals surface area contributed by atoms with Crippen molar-refractivity contribution in [3.63, 3.8) is 0 Å². The third-order valence-corrected chi connectivity index (χ3v) is 3.63. The lowest BCUT2D eigenvalue weighted by Crippen LogP contribution is -2.50. The zero-order valence-corrected chi connectivity index (χ0v) is 12.9. The summed E-state index contributed by atoms with van der Waals surface area (Å²) in [7, 11) is 0. The summed E-state index contributed by atoms with van der Waals surface area (Å²) in [4.78, 5) is 16.0. The molecule has 0 aromatic carbocycles. The number of aliphatic hydroxyl groups is 1. The highest BCUT2D eigenvalue weighted by Crippen LogP contribution is 2.16. The molecule has 1 aromatic heterocycles. The van der Waals surface area contributed by atoms with Gasteiger partial charge >= 0.3 is 0 Å². The van der Waals surface area contributed by atoms with Crippen molar-refractivity contribution < 1.29 is 19.1 Å². The number of piperazine rings is 1. The van der Waals surface area contributed by atoms with Gasteiger partial charge in [-0.25, -0.2) is 0 Å². The second-order valence-electron chi connectivity index (χ2n) is 5.01. The molecule has 6 nitrogen and oxygen atoms in total. The molecule has 1 aromatic rings. The maximum atomic E-state index is 12.2. The lowest BCUT2D eigenvalue weighted by molar-refractivity contribution is 0.0107. The fraction of sp³-hybridized carbons (Fsp3) is 0.643. The Morgan fingerprint density at radius 3 is 2.71 bits per heavy atom. The Morgan fingerprint density at radius 1 is 1.43 bits per heavy atom. The van der Waals surface area contributed by atoms with E-state index < -0.39 is 6.10 Å². The third kappa shape index (κ3) is 4.71. The van der Waals surface area contributed by atoms with Crippen molar-refractivity contribution >= 4 is 17.5 Å². The van der Waals surface area contributed by atoms with Gasteiger partial charge in [0.1, 0.15) is 0 Å². The highest BCUT2D eigenvalue weighted by atomic mass is 35.5. The first-order valence-electron chi connectivity index (χ1n) is 7.13. The smallest absolute Gasteiger partial charge is 0.289 e. The number of furan rings is 1. The van der Waals surface area contributed by atoms with Crippen LogP contribution in [0.3, 0.4) is 0 Å². The Hall–Kier alpha value is -1.08.